The van der Waals surface area contributed by atoms with Gasteiger partial charge in [-0.1, -0.05) is 231 Å². The summed E-state index contributed by atoms with van der Waals surface area (Å²) in [7, 11) is 0. The van der Waals surface area contributed by atoms with Gasteiger partial charge in [0.2, 0.25) is 5.91 Å². The fourth-order valence-corrected chi connectivity index (χ4v) is 11.3. The van der Waals surface area contributed by atoms with Crippen LogP contribution in [0.15, 0.2) is 134 Å². The molecule has 1 amide bonds. The molecule has 3 aliphatic rings. The quantitative estimate of drug-likeness (QED) is 0.0199. The van der Waals surface area contributed by atoms with Crippen molar-refractivity contribution in [1.29, 1.82) is 0 Å². The van der Waals surface area contributed by atoms with E-state index in [-0.39, 0.29) is 18.9 Å². The van der Waals surface area contributed by atoms with Crippen molar-refractivity contribution in [2.45, 2.75) is 317 Å². The molecule has 19 nitrogen and oxygen atoms in total. The van der Waals surface area contributed by atoms with Gasteiger partial charge >= 0.3 is 0 Å². The van der Waals surface area contributed by atoms with Crippen LogP contribution in [0.5, 0.6) is 0 Å². The fraction of sp³-hybridized carbons (Fsp3) is 0.701. The number of ether oxygens (including phenoxy) is 6. The summed E-state index contributed by atoms with van der Waals surface area (Å²) < 4.78 is 34.3. The lowest BCUT2D eigenvalue weighted by molar-refractivity contribution is -0.379. The maximum atomic E-state index is 13.4. The molecule has 0 bridgehead atoms. The number of unbranched alkanes of at least 4 members (excludes halogenated alkanes) is 18. The van der Waals surface area contributed by atoms with Crippen molar-refractivity contribution < 1.29 is 89.4 Å². The number of carbonyl (C=O) groups excluding carboxylic acids is 1. The standard InChI is InChI=1S/C77H127NO18/c1-3-5-7-9-11-13-15-17-19-20-21-22-23-24-25-26-27-28-29-30-31-32-33-34-35-36-37-38-39-40-41-43-45-47-49-51-53-55-65(83)78-60(61(82)54-52-50-48-46-44-42-18-16-14-12-10-8-6-4-2)59-91-75-71(89)68(86)73(63(57-80)93-75)96-77-72(90)69(87)74(64(58-81)94-77)95-76-70(88)67(85)66(84)62(56-79)92-76/h5,7,11,13-14,16-17,19,21-22,24-25,27-28,30-31,33-34,44,46,52,54,60-64,66-77,79-82,84-90H,3-4,6,8-10,12,15,18,20,23,26,29,32,35-43,45,47-51,53,55-59H2,1-2H3,(H,78,83)/b7-5-,13-11-,16-14+,19-17-,22-21-,25-24-,28-27-,31-30-,34-33-,46-44+,54-52+. The van der Waals surface area contributed by atoms with Crippen LogP contribution in [-0.4, -0.2) is 193 Å². The third-order valence-corrected chi connectivity index (χ3v) is 17.2. The van der Waals surface area contributed by atoms with Crippen molar-refractivity contribution in [3.63, 3.8) is 0 Å². The van der Waals surface area contributed by atoms with Crippen LogP contribution in [-0.2, 0) is 33.2 Å². The second-order valence-corrected chi connectivity index (χ2v) is 25.3. The number of carbonyl (C=O) groups is 1. The summed E-state index contributed by atoms with van der Waals surface area (Å²) in [5.41, 5.74) is 0. The minimum atomic E-state index is -1.99. The van der Waals surface area contributed by atoms with Crippen LogP contribution < -0.4 is 5.32 Å². The van der Waals surface area contributed by atoms with E-state index in [1.54, 1.807) is 6.08 Å². The first-order valence-electron chi connectivity index (χ1n) is 36.4. The van der Waals surface area contributed by atoms with Gasteiger partial charge in [-0.05, 0) is 109 Å². The molecular formula is C77H127NO18. The van der Waals surface area contributed by atoms with Gasteiger partial charge in [0.05, 0.1) is 38.6 Å². The number of hydrogen-bond acceptors (Lipinski definition) is 18. The summed E-state index contributed by atoms with van der Waals surface area (Å²) in [4.78, 5) is 13.4. The Labute approximate surface area is 575 Å². The van der Waals surface area contributed by atoms with Gasteiger partial charge in [-0.2, -0.15) is 0 Å². The second kappa shape index (κ2) is 56.7. The molecule has 17 unspecified atom stereocenters. The Morgan fingerprint density at radius 2 is 0.729 bits per heavy atom. The minimum absolute atomic E-state index is 0.221. The molecular weight excluding hydrogens is 1230 g/mol. The summed E-state index contributed by atoms with van der Waals surface area (Å²) in [6, 6.07) is -1.01. The van der Waals surface area contributed by atoms with Crippen molar-refractivity contribution in [1.82, 2.24) is 5.32 Å². The molecule has 96 heavy (non-hydrogen) atoms. The van der Waals surface area contributed by atoms with Crippen molar-refractivity contribution in [2.24, 2.45) is 0 Å². The molecule has 3 saturated heterocycles. The van der Waals surface area contributed by atoms with Gasteiger partial charge in [0.1, 0.15) is 73.2 Å². The minimum Gasteiger partial charge on any atom is -0.394 e. The van der Waals surface area contributed by atoms with Gasteiger partial charge in [-0.3, -0.25) is 4.79 Å². The summed E-state index contributed by atoms with van der Waals surface area (Å²) in [5.74, 6) is -0.298. The van der Waals surface area contributed by atoms with E-state index in [2.05, 4.69) is 141 Å². The summed E-state index contributed by atoms with van der Waals surface area (Å²) in [6.07, 6.45) is 53.0. The van der Waals surface area contributed by atoms with E-state index in [9.17, 15) is 61.0 Å². The number of nitrogens with one attached hydrogen (secondary N) is 1. The average molecular weight is 1350 g/mol. The Morgan fingerprint density at radius 1 is 0.385 bits per heavy atom. The van der Waals surface area contributed by atoms with Crippen LogP contribution in [0, 0.1) is 0 Å². The average Bonchev–Trinajstić information content (AvgIpc) is 0.787. The van der Waals surface area contributed by atoms with Crippen LogP contribution in [0.4, 0.5) is 0 Å². The highest BCUT2D eigenvalue weighted by Gasteiger charge is 2.53. The zero-order chi connectivity index (χ0) is 69.6. The third kappa shape index (κ3) is 37.4. The van der Waals surface area contributed by atoms with E-state index in [1.807, 2.05) is 6.08 Å². The van der Waals surface area contributed by atoms with Gasteiger partial charge < -0.3 is 89.9 Å². The summed E-state index contributed by atoms with van der Waals surface area (Å²) in [5, 5.41) is 120. The predicted octanol–water partition coefficient (Wildman–Crippen LogP) is 10.5. The maximum absolute atomic E-state index is 13.4. The first-order chi connectivity index (χ1) is 46.8. The molecule has 3 aliphatic heterocycles. The highest BCUT2D eigenvalue weighted by molar-refractivity contribution is 5.76. The highest BCUT2D eigenvalue weighted by Crippen LogP contribution is 2.33. The van der Waals surface area contributed by atoms with Crippen molar-refractivity contribution >= 4 is 5.91 Å². The van der Waals surface area contributed by atoms with Crippen LogP contribution in [0.3, 0.4) is 0 Å². The Hall–Kier alpha value is -4.07. The summed E-state index contributed by atoms with van der Waals surface area (Å²) >= 11 is 0. The predicted molar refractivity (Wildman–Crippen MR) is 378 cm³/mol. The zero-order valence-electron chi connectivity index (χ0n) is 58.0. The van der Waals surface area contributed by atoms with Gasteiger partial charge in [-0.25, -0.2) is 0 Å². The molecule has 0 saturated carbocycles. The summed E-state index contributed by atoms with van der Waals surface area (Å²) in [6.45, 7) is 1.54. The fourth-order valence-electron chi connectivity index (χ4n) is 11.3. The highest BCUT2D eigenvalue weighted by atomic mass is 16.8. The molecule has 0 radical (unpaired) electrons. The van der Waals surface area contributed by atoms with E-state index in [1.165, 1.54) is 70.6 Å². The molecule has 0 aromatic heterocycles. The Morgan fingerprint density at radius 3 is 1.17 bits per heavy atom. The van der Waals surface area contributed by atoms with E-state index >= 15 is 0 Å². The SMILES string of the molecule is CC/C=C\C/C=C\C/C=C\C/C=C\C/C=C\C/C=C\C/C=C\C/C=C\CCCCCCCCCCCCCCC(=O)NC(COC1OC(CO)C(OC2OC(CO)C(OC3OC(CO)C(O)C(O)C3O)C(O)C2O)C(O)C1O)C(O)/C=C/CC/C=C/CC/C=C/CCCCCC. The molecule has 548 valence electrons. The molecule has 17 atom stereocenters. The van der Waals surface area contributed by atoms with Crippen LogP contribution >= 0.6 is 0 Å². The first kappa shape index (κ1) is 86.2. The van der Waals surface area contributed by atoms with E-state index in [0.717, 1.165) is 109 Å². The number of hydrogen-bond donors (Lipinski definition) is 12. The van der Waals surface area contributed by atoms with Crippen molar-refractivity contribution in [3.8, 4) is 0 Å². The maximum Gasteiger partial charge on any atom is 0.220 e. The van der Waals surface area contributed by atoms with Crippen LogP contribution in [0.25, 0.3) is 0 Å². The Balaban J connectivity index is 1.36. The molecule has 3 heterocycles. The molecule has 3 fully saturated rings. The molecule has 19 heteroatoms. The van der Waals surface area contributed by atoms with Gasteiger partial charge in [0.15, 0.2) is 18.9 Å². The molecule has 0 spiro atoms. The number of rotatable bonds is 54. The molecule has 0 aliphatic carbocycles. The molecule has 3 rings (SSSR count). The third-order valence-electron chi connectivity index (χ3n) is 17.2. The van der Waals surface area contributed by atoms with Crippen molar-refractivity contribution in [2.75, 3.05) is 26.4 Å². The topological polar surface area (TPSA) is 307 Å². The van der Waals surface area contributed by atoms with E-state index < -0.39 is 124 Å². The van der Waals surface area contributed by atoms with Gasteiger partial charge in [0, 0.05) is 6.42 Å². The number of amides is 1. The normalized spacial score (nSPS) is 27.9. The molecule has 0 aromatic carbocycles. The lowest BCUT2D eigenvalue weighted by atomic mass is 9.96. The molecule has 12 N–H and O–H groups in total. The number of allylic oxidation sites excluding steroid dienone is 21. The second-order valence-electron chi connectivity index (χ2n) is 25.3. The number of aliphatic hydroxyl groups excluding tert-OH is 11. The first-order valence-corrected chi connectivity index (χ1v) is 36.4. The Kier molecular flexibility index (Phi) is 50.8. The smallest absolute Gasteiger partial charge is 0.220 e. The van der Waals surface area contributed by atoms with Gasteiger partial charge in [-0.15, -0.1) is 0 Å². The van der Waals surface area contributed by atoms with Crippen molar-refractivity contribution in [3.05, 3.63) is 134 Å². The monoisotopic (exact) mass is 1350 g/mol. The molecule has 0 aromatic rings. The Bertz CT molecular complexity index is 2260. The number of aliphatic hydroxyl groups is 11. The largest absolute Gasteiger partial charge is 0.394 e. The van der Waals surface area contributed by atoms with Gasteiger partial charge in [0.25, 0.3) is 0 Å². The van der Waals surface area contributed by atoms with E-state index in [4.69, 9.17) is 28.4 Å². The van der Waals surface area contributed by atoms with Crippen LogP contribution in [0.2, 0.25) is 0 Å². The lowest BCUT2D eigenvalue weighted by Crippen LogP contribution is -2.66. The van der Waals surface area contributed by atoms with E-state index in [0.29, 0.717) is 12.8 Å². The lowest BCUT2D eigenvalue weighted by Gasteiger charge is -2.48. The zero-order valence-corrected chi connectivity index (χ0v) is 58.0. The van der Waals surface area contributed by atoms with Crippen LogP contribution in [0.1, 0.15) is 213 Å².